The Morgan fingerprint density at radius 1 is 1.40 bits per heavy atom. The molecule has 6 nitrogen and oxygen atoms in total. The van der Waals surface area contributed by atoms with Gasteiger partial charge in [0.1, 0.15) is 0 Å². The highest BCUT2D eigenvalue weighted by atomic mass is 16.2. The predicted molar refractivity (Wildman–Crippen MR) is 56.5 cm³/mol. The molecule has 1 aliphatic heterocycles. The molecule has 0 radical (unpaired) electrons. The van der Waals surface area contributed by atoms with Crippen LogP contribution in [0.2, 0.25) is 0 Å². The first kappa shape index (κ1) is 11.4. The van der Waals surface area contributed by atoms with Gasteiger partial charge >= 0.3 is 0 Å². The van der Waals surface area contributed by atoms with Gasteiger partial charge in [-0.2, -0.15) is 0 Å². The summed E-state index contributed by atoms with van der Waals surface area (Å²) in [6.45, 7) is 2.58. The third-order valence-electron chi connectivity index (χ3n) is 1.87. The Morgan fingerprint density at radius 3 is 2.53 bits per heavy atom. The number of carbonyl (C=O) groups is 3. The van der Waals surface area contributed by atoms with Gasteiger partial charge in [0.15, 0.2) is 0 Å². The van der Waals surface area contributed by atoms with Gasteiger partial charge in [-0.3, -0.25) is 24.7 Å². The second-order valence-electron chi connectivity index (χ2n) is 2.99. The molecule has 2 N–H and O–H groups in total. The zero-order valence-electron chi connectivity index (χ0n) is 8.45. The molecule has 0 spiro atoms. The molecule has 1 heterocycles. The lowest BCUT2D eigenvalue weighted by atomic mass is 10.3. The summed E-state index contributed by atoms with van der Waals surface area (Å²) in [6, 6.07) is 0. The van der Waals surface area contributed by atoms with E-state index in [1.807, 2.05) is 6.92 Å². The van der Waals surface area contributed by atoms with E-state index < -0.39 is 0 Å². The Morgan fingerprint density at radius 2 is 2.00 bits per heavy atom. The smallest absolute Gasteiger partial charge is 0.253 e. The molecule has 0 aromatic carbocycles. The highest BCUT2D eigenvalue weighted by Crippen LogP contribution is 2.03. The van der Waals surface area contributed by atoms with Crippen molar-refractivity contribution in [2.75, 3.05) is 13.1 Å². The lowest BCUT2D eigenvalue weighted by Gasteiger charge is -2.13. The first-order chi connectivity index (χ1) is 7.15. The molecule has 15 heavy (non-hydrogen) atoms. The summed E-state index contributed by atoms with van der Waals surface area (Å²) < 4.78 is 0. The van der Waals surface area contributed by atoms with Crippen LogP contribution in [0.5, 0.6) is 0 Å². The fraction of sp³-hybridized carbons (Fsp3) is 0.444. The Labute approximate surface area is 90.2 Å². The highest BCUT2D eigenvalue weighted by molar-refractivity contribution is 6.13. The van der Waals surface area contributed by atoms with Gasteiger partial charge in [0, 0.05) is 34.5 Å². The molecule has 0 unspecified atom stereocenters. The summed E-state index contributed by atoms with van der Waals surface area (Å²) in [6.07, 6.45) is 2.50. The normalized spacial score (nSPS) is 14.9. The second kappa shape index (κ2) is 5.26. The van der Waals surface area contributed by atoms with Crippen molar-refractivity contribution in [3.8, 4) is 0 Å². The van der Waals surface area contributed by atoms with Gasteiger partial charge in [-0.25, -0.2) is 5.43 Å². The monoisotopic (exact) mass is 215 g/mol. The number of rotatable bonds is 5. The first-order valence-electron chi connectivity index (χ1n) is 4.70. The van der Waals surface area contributed by atoms with E-state index in [9.17, 15) is 14.4 Å². The molecular formula is C9H17N3O3. The van der Waals surface area contributed by atoms with Crippen molar-refractivity contribution in [3.63, 3.8) is 0 Å². The minimum atomic E-state index is -0.365. The van der Waals surface area contributed by atoms with Gasteiger partial charge in [-0.1, -0.05) is 6.92 Å². The van der Waals surface area contributed by atoms with Crippen LogP contribution < -0.4 is 10.9 Å². The lowest BCUT2D eigenvalue weighted by molar-refractivity contribution is -0.137. The molecule has 6 heteroatoms. The number of carbonyl (C=O) groups excluding carboxylic acids is 3. The minimum absolute atomic E-state index is 0. The van der Waals surface area contributed by atoms with Crippen LogP contribution in [-0.4, -0.2) is 35.7 Å². The van der Waals surface area contributed by atoms with E-state index in [1.165, 1.54) is 12.2 Å². The molecule has 0 saturated carbocycles. The van der Waals surface area contributed by atoms with Crippen molar-refractivity contribution in [3.05, 3.63) is 12.2 Å². The van der Waals surface area contributed by atoms with E-state index in [1.54, 1.807) is 0 Å². The molecule has 0 bridgehead atoms. The van der Waals surface area contributed by atoms with Gasteiger partial charge in [-0.05, 0) is 0 Å². The summed E-state index contributed by atoms with van der Waals surface area (Å²) in [4.78, 5) is 34.3. The van der Waals surface area contributed by atoms with Crippen LogP contribution in [0.3, 0.4) is 0 Å². The molecule has 0 aromatic heterocycles. The van der Waals surface area contributed by atoms with Crippen LogP contribution in [0.4, 0.5) is 0 Å². The van der Waals surface area contributed by atoms with Crippen molar-refractivity contribution in [1.29, 1.82) is 0 Å². The number of hydrazine groups is 1. The maximum Gasteiger partial charge on any atom is 0.253 e. The van der Waals surface area contributed by atoms with Gasteiger partial charge in [0.25, 0.3) is 11.8 Å². The number of amides is 3. The summed E-state index contributed by atoms with van der Waals surface area (Å²) >= 11 is 0. The van der Waals surface area contributed by atoms with Crippen LogP contribution >= 0.6 is 0 Å². The fourth-order valence-electron chi connectivity index (χ4n) is 1.11. The van der Waals surface area contributed by atoms with E-state index in [2.05, 4.69) is 10.9 Å². The second-order valence-corrected chi connectivity index (χ2v) is 2.99. The predicted octanol–water partition coefficient (Wildman–Crippen LogP) is -0.566. The van der Waals surface area contributed by atoms with Crippen molar-refractivity contribution >= 4 is 17.7 Å². The van der Waals surface area contributed by atoms with Crippen LogP contribution in [0.25, 0.3) is 0 Å². The van der Waals surface area contributed by atoms with Crippen LogP contribution in [0.15, 0.2) is 12.2 Å². The molecular weight excluding hydrogens is 198 g/mol. The largest absolute Gasteiger partial charge is 0.292 e. The number of hydrogen-bond acceptors (Lipinski definition) is 4. The quantitative estimate of drug-likeness (QED) is 0.475. The van der Waals surface area contributed by atoms with E-state index in [4.69, 9.17) is 0 Å². The van der Waals surface area contributed by atoms with E-state index in [0.717, 1.165) is 4.90 Å². The van der Waals surface area contributed by atoms with Gasteiger partial charge in [0.05, 0.1) is 0 Å². The average Bonchev–Trinajstić information content (AvgIpc) is 2.53. The summed E-state index contributed by atoms with van der Waals surface area (Å²) in [5, 5.41) is 0. The third-order valence-corrected chi connectivity index (χ3v) is 1.87. The average molecular weight is 215 g/mol. The summed E-state index contributed by atoms with van der Waals surface area (Å²) in [7, 11) is 0. The van der Waals surface area contributed by atoms with Crippen LogP contribution in [-0.2, 0) is 14.4 Å². The SMILES string of the molecule is CCNNC(=O)CCN1C(=O)C=CC1=O.[HH].[HH]. The number of nitrogens with one attached hydrogen (secondary N) is 2. The van der Waals surface area contributed by atoms with Crippen molar-refractivity contribution in [2.45, 2.75) is 13.3 Å². The Bertz CT molecular complexity index is 303. The number of hydrogen-bond donors (Lipinski definition) is 2. The first-order valence-corrected chi connectivity index (χ1v) is 4.70. The number of nitrogens with zero attached hydrogens (tertiary/aromatic N) is 1. The minimum Gasteiger partial charge on any atom is -0.292 e. The molecule has 0 saturated heterocycles. The van der Waals surface area contributed by atoms with Crippen molar-refractivity contribution in [1.82, 2.24) is 15.8 Å². The maximum atomic E-state index is 11.1. The Hall–Kier alpha value is -1.69. The van der Waals surface area contributed by atoms with Crippen molar-refractivity contribution in [2.24, 2.45) is 0 Å². The van der Waals surface area contributed by atoms with Gasteiger partial charge < -0.3 is 0 Å². The molecule has 0 atom stereocenters. The zero-order valence-corrected chi connectivity index (χ0v) is 8.45. The van der Waals surface area contributed by atoms with Gasteiger partial charge in [-0.15, -0.1) is 0 Å². The summed E-state index contributed by atoms with van der Waals surface area (Å²) in [5.41, 5.74) is 5.07. The van der Waals surface area contributed by atoms with E-state index in [-0.39, 0.29) is 33.5 Å². The standard InChI is InChI=1S/C9H13N3O3.2H2/c1-2-10-11-7(13)5-6-12-8(14)3-4-9(12)15;;/h3-4,10H,2,5-6H2,1H3,(H,11,13);2*1H. The third kappa shape index (κ3) is 3.17. The van der Waals surface area contributed by atoms with E-state index >= 15 is 0 Å². The molecule has 0 aliphatic carbocycles. The Balaban J connectivity index is 0. The van der Waals surface area contributed by atoms with Crippen LogP contribution in [0.1, 0.15) is 16.2 Å². The highest BCUT2D eigenvalue weighted by Gasteiger charge is 2.23. The molecule has 0 aromatic rings. The van der Waals surface area contributed by atoms with E-state index in [0.29, 0.717) is 6.54 Å². The molecule has 1 aliphatic rings. The topological polar surface area (TPSA) is 78.5 Å². The van der Waals surface area contributed by atoms with Crippen molar-refractivity contribution < 1.29 is 17.2 Å². The molecule has 0 fully saturated rings. The molecule has 3 amide bonds. The fourth-order valence-corrected chi connectivity index (χ4v) is 1.11. The Kier molecular flexibility index (Phi) is 3.99. The lowest BCUT2D eigenvalue weighted by Crippen LogP contribution is -2.40. The zero-order chi connectivity index (χ0) is 11.3. The molecule has 86 valence electrons. The molecule has 1 rings (SSSR count). The number of imide groups is 1. The maximum absolute atomic E-state index is 11.1. The summed E-state index contributed by atoms with van der Waals surface area (Å²) in [5.74, 6) is -0.975. The van der Waals surface area contributed by atoms with Gasteiger partial charge in [0.2, 0.25) is 5.91 Å². The van der Waals surface area contributed by atoms with Crippen LogP contribution in [0, 0.1) is 0 Å².